The Kier molecular flexibility index (Phi) is 7.06. The first-order chi connectivity index (χ1) is 14.2. The third-order valence-electron chi connectivity index (χ3n) is 4.28. The van der Waals surface area contributed by atoms with Crippen molar-refractivity contribution >= 4 is 11.6 Å². The number of para-hydroxylation sites is 3. The summed E-state index contributed by atoms with van der Waals surface area (Å²) in [5.74, 6) is 2.50. The van der Waals surface area contributed by atoms with Gasteiger partial charge in [-0.05, 0) is 55.3 Å². The molecule has 0 saturated heterocycles. The Labute approximate surface area is 172 Å². The standard InChI is InChI=1S/C25H25NO3/c1-4-20-11-10-14-22(17-20)29-25(26-21-12-6-5-7-13-21)19(2)18-28-24-16-9-8-15-23(24)27-3/h5-18H,4H2,1-3H3. The summed E-state index contributed by atoms with van der Waals surface area (Å²) in [7, 11) is 1.62. The highest BCUT2D eigenvalue weighted by Crippen LogP contribution is 2.26. The molecule has 3 rings (SSSR count). The largest absolute Gasteiger partial charge is 0.493 e. The molecule has 0 bridgehead atoms. The minimum Gasteiger partial charge on any atom is -0.493 e. The SMILES string of the molecule is CCc1cccc(OC(=Nc2ccccc2)C(C)=COc2ccccc2OC)c1. The molecule has 0 unspecified atom stereocenters. The van der Waals surface area contributed by atoms with Gasteiger partial charge in [0.05, 0.1) is 19.1 Å². The summed E-state index contributed by atoms with van der Waals surface area (Å²) in [6.45, 7) is 4.02. The fourth-order valence-corrected chi connectivity index (χ4v) is 2.67. The lowest BCUT2D eigenvalue weighted by atomic mass is 10.2. The van der Waals surface area contributed by atoms with E-state index in [4.69, 9.17) is 14.2 Å². The van der Waals surface area contributed by atoms with E-state index in [1.165, 1.54) is 5.56 Å². The molecule has 4 nitrogen and oxygen atoms in total. The van der Waals surface area contributed by atoms with Crippen molar-refractivity contribution in [2.75, 3.05) is 7.11 Å². The molecular formula is C25H25NO3. The zero-order valence-corrected chi connectivity index (χ0v) is 17.0. The Morgan fingerprint density at radius 1 is 0.897 bits per heavy atom. The van der Waals surface area contributed by atoms with Crippen molar-refractivity contribution in [1.82, 2.24) is 0 Å². The third-order valence-corrected chi connectivity index (χ3v) is 4.28. The van der Waals surface area contributed by atoms with Crippen LogP contribution in [0.1, 0.15) is 19.4 Å². The molecule has 0 amide bonds. The van der Waals surface area contributed by atoms with Crippen LogP contribution in [0.15, 0.2) is 95.7 Å². The molecule has 0 aliphatic heterocycles. The van der Waals surface area contributed by atoms with E-state index in [0.717, 1.165) is 23.4 Å². The van der Waals surface area contributed by atoms with Gasteiger partial charge >= 0.3 is 0 Å². The highest BCUT2D eigenvalue weighted by Gasteiger charge is 2.09. The lowest BCUT2D eigenvalue weighted by Gasteiger charge is -2.12. The second kappa shape index (κ2) is 10.1. The Balaban J connectivity index is 1.90. The number of hydrogen-bond acceptors (Lipinski definition) is 4. The van der Waals surface area contributed by atoms with Crippen molar-refractivity contribution in [3.63, 3.8) is 0 Å². The van der Waals surface area contributed by atoms with Gasteiger partial charge in [0.1, 0.15) is 5.75 Å². The van der Waals surface area contributed by atoms with Crippen LogP contribution in [0.25, 0.3) is 0 Å². The summed E-state index contributed by atoms with van der Waals surface area (Å²) in [5.41, 5.74) is 2.76. The van der Waals surface area contributed by atoms with E-state index in [1.807, 2.05) is 79.7 Å². The molecule has 148 valence electrons. The second-order valence-corrected chi connectivity index (χ2v) is 6.43. The highest BCUT2D eigenvalue weighted by molar-refractivity contribution is 5.96. The van der Waals surface area contributed by atoms with Crippen LogP contribution in [0.5, 0.6) is 17.2 Å². The molecule has 0 fully saturated rings. The lowest BCUT2D eigenvalue weighted by Crippen LogP contribution is -2.11. The number of rotatable bonds is 7. The molecule has 0 radical (unpaired) electrons. The molecule has 3 aromatic rings. The Bertz CT molecular complexity index is 994. The molecule has 0 aliphatic rings. The van der Waals surface area contributed by atoms with Crippen LogP contribution in [0.4, 0.5) is 5.69 Å². The van der Waals surface area contributed by atoms with E-state index in [1.54, 1.807) is 13.4 Å². The number of ether oxygens (including phenoxy) is 3. The van der Waals surface area contributed by atoms with Crippen LogP contribution in [0.2, 0.25) is 0 Å². The summed E-state index contributed by atoms with van der Waals surface area (Å²) in [6, 6.07) is 25.2. The fourth-order valence-electron chi connectivity index (χ4n) is 2.67. The number of hydrogen-bond donors (Lipinski definition) is 0. The van der Waals surface area contributed by atoms with Crippen molar-refractivity contribution in [2.24, 2.45) is 4.99 Å². The van der Waals surface area contributed by atoms with Crippen molar-refractivity contribution in [3.8, 4) is 17.2 Å². The molecule has 0 aliphatic carbocycles. The van der Waals surface area contributed by atoms with Gasteiger partial charge in [0.2, 0.25) is 5.90 Å². The second-order valence-electron chi connectivity index (χ2n) is 6.43. The molecule has 29 heavy (non-hydrogen) atoms. The van der Waals surface area contributed by atoms with E-state index in [2.05, 4.69) is 18.0 Å². The smallest absolute Gasteiger partial charge is 0.225 e. The van der Waals surface area contributed by atoms with Crippen molar-refractivity contribution in [3.05, 3.63) is 96.3 Å². The molecular weight excluding hydrogens is 362 g/mol. The molecule has 0 N–H and O–H groups in total. The van der Waals surface area contributed by atoms with Gasteiger partial charge in [-0.1, -0.05) is 49.4 Å². The Morgan fingerprint density at radius 3 is 2.34 bits per heavy atom. The van der Waals surface area contributed by atoms with Crippen molar-refractivity contribution in [2.45, 2.75) is 20.3 Å². The molecule has 0 saturated carbocycles. The summed E-state index contributed by atoms with van der Waals surface area (Å²) in [4.78, 5) is 4.68. The fraction of sp³-hybridized carbons (Fsp3) is 0.160. The Morgan fingerprint density at radius 2 is 1.62 bits per heavy atom. The predicted molar refractivity (Wildman–Crippen MR) is 117 cm³/mol. The first-order valence-electron chi connectivity index (χ1n) is 9.57. The average molecular weight is 387 g/mol. The van der Waals surface area contributed by atoms with E-state index in [0.29, 0.717) is 17.4 Å². The summed E-state index contributed by atoms with van der Waals surface area (Å²) in [6.07, 6.45) is 2.57. The van der Waals surface area contributed by atoms with Gasteiger partial charge in [0.15, 0.2) is 11.5 Å². The van der Waals surface area contributed by atoms with Crippen LogP contribution in [0, 0.1) is 0 Å². The van der Waals surface area contributed by atoms with E-state index >= 15 is 0 Å². The molecule has 0 atom stereocenters. The third kappa shape index (κ3) is 5.72. The highest BCUT2D eigenvalue weighted by atomic mass is 16.5. The minimum absolute atomic E-state index is 0.472. The van der Waals surface area contributed by atoms with E-state index in [9.17, 15) is 0 Å². The summed E-state index contributed by atoms with van der Waals surface area (Å²) < 4.78 is 17.3. The van der Waals surface area contributed by atoms with Gasteiger partial charge < -0.3 is 14.2 Å². The average Bonchev–Trinajstić information content (AvgIpc) is 2.78. The zero-order chi connectivity index (χ0) is 20.5. The van der Waals surface area contributed by atoms with Crippen molar-refractivity contribution < 1.29 is 14.2 Å². The van der Waals surface area contributed by atoms with E-state index < -0.39 is 0 Å². The van der Waals surface area contributed by atoms with Crippen LogP contribution < -0.4 is 14.2 Å². The number of nitrogens with zero attached hydrogens (tertiary/aromatic N) is 1. The maximum absolute atomic E-state index is 6.14. The van der Waals surface area contributed by atoms with Crippen LogP contribution in [-0.4, -0.2) is 13.0 Å². The molecule has 0 aromatic heterocycles. The lowest BCUT2D eigenvalue weighted by molar-refractivity contribution is 0.377. The van der Waals surface area contributed by atoms with Gasteiger partial charge in [-0.3, -0.25) is 0 Å². The van der Waals surface area contributed by atoms with Crippen molar-refractivity contribution in [1.29, 1.82) is 0 Å². The number of aryl methyl sites for hydroxylation is 1. The summed E-state index contributed by atoms with van der Waals surface area (Å²) >= 11 is 0. The van der Waals surface area contributed by atoms with Crippen LogP contribution in [-0.2, 0) is 6.42 Å². The van der Waals surface area contributed by atoms with Gasteiger partial charge in [0, 0.05) is 5.57 Å². The molecule has 0 heterocycles. The first kappa shape index (κ1) is 20.2. The molecule has 0 spiro atoms. The van der Waals surface area contributed by atoms with Gasteiger partial charge in [-0.2, -0.15) is 0 Å². The normalized spacial score (nSPS) is 11.8. The first-order valence-corrected chi connectivity index (χ1v) is 9.57. The summed E-state index contributed by atoms with van der Waals surface area (Å²) in [5, 5.41) is 0. The predicted octanol–water partition coefficient (Wildman–Crippen LogP) is 6.35. The van der Waals surface area contributed by atoms with E-state index in [-0.39, 0.29) is 0 Å². The topological polar surface area (TPSA) is 40.0 Å². The minimum atomic E-state index is 0.472. The van der Waals surface area contributed by atoms with Crippen LogP contribution >= 0.6 is 0 Å². The van der Waals surface area contributed by atoms with Gasteiger partial charge in [-0.15, -0.1) is 0 Å². The maximum atomic E-state index is 6.14. The number of benzene rings is 3. The van der Waals surface area contributed by atoms with Gasteiger partial charge in [-0.25, -0.2) is 4.99 Å². The quantitative estimate of drug-likeness (QED) is 0.269. The maximum Gasteiger partial charge on any atom is 0.225 e. The molecule has 4 heteroatoms. The van der Waals surface area contributed by atoms with Crippen LogP contribution in [0.3, 0.4) is 0 Å². The number of aliphatic imine (C=N–C) groups is 1. The zero-order valence-electron chi connectivity index (χ0n) is 17.0. The number of methoxy groups -OCH3 is 1. The monoisotopic (exact) mass is 387 g/mol. The molecule has 3 aromatic carbocycles. The van der Waals surface area contributed by atoms with Gasteiger partial charge in [0.25, 0.3) is 0 Å². The Hall–Kier alpha value is -3.53.